The van der Waals surface area contributed by atoms with Crippen LogP contribution in [-0.2, 0) is 4.18 Å². The Balaban J connectivity index is 1.89. The van der Waals surface area contributed by atoms with Gasteiger partial charge in [-0.1, -0.05) is 27.2 Å². The fourth-order valence-corrected chi connectivity index (χ4v) is 6.69. The Morgan fingerprint density at radius 2 is 2.00 bits per heavy atom. The second-order valence-electron chi connectivity index (χ2n) is 8.62. The largest absolute Gasteiger partial charge is 0.396 e. The van der Waals surface area contributed by atoms with E-state index < -0.39 is 0 Å². The van der Waals surface area contributed by atoms with Gasteiger partial charge in [0.05, 0.1) is 21.4 Å². The Morgan fingerprint density at radius 3 is 2.67 bits per heavy atom. The molecule has 24 heavy (non-hydrogen) atoms. The van der Waals surface area contributed by atoms with Crippen LogP contribution in [0, 0.1) is 29.1 Å². The minimum atomic E-state index is -0.266. The Morgan fingerprint density at radius 1 is 1.25 bits per heavy atom. The topological polar surface area (TPSA) is 49.7 Å². The van der Waals surface area contributed by atoms with Crippen LogP contribution in [0.4, 0.5) is 0 Å². The number of aliphatic hydroxyl groups excluding tert-OH is 2. The molecule has 0 spiro atoms. The molecule has 3 nitrogen and oxygen atoms in total. The van der Waals surface area contributed by atoms with E-state index in [0.29, 0.717) is 23.4 Å². The zero-order chi connectivity index (χ0) is 17.7. The number of halogens is 1. The molecule has 2 saturated carbocycles. The van der Waals surface area contributed by atoms with Crippen molar-refractivity contribution in [2.24, 2.45) is 29.1 Å². The van der Waals surface area contributed by atoms with Crippen LogP contribution in [0.2, 0.25) is 0 Å². The SMILES string of the molecule is CC(CO)CC(O)CCC(C)C1CCC2C(OSI)CCCC12C. The van der Waals surface area contributed by atoms with E-state index in [2.05, 4.69) is 35.1 Å². The van der Waals surface area contributed by atoms with Gasteiger partial charge in [-0.25, -0.2) is 0 Å². The lowest BCUT2D eigenvalue weighted by atomic mass is 9.61. The molecule has 0 radical (unpaired) electrons. The van der Waals surface area contributed by atoms with Gasteiger partial charge in [0, 0.05) is 27.8 Å². The van der Waals surface area contributed by atoms with Crippen LogP contribution in [0.1, 0.15) is 72.1 Å². The van der Waals surface area contributed by atoms with Crippen LogP contribution >= 0.6 is 30.4 Å². The van der Waals surface area contributed by atoms with Crippen LogP contribution in [0.3, 0.4) is 0 Å². The third kappa shape index (κ3) is 5.02. The summed E-state index contributed by atoms with van der Waals surface area (Å²) in [5.74, 6) is 2.33. The van der Waals surface area contributed by atoms with Crippen LogP contribution < -0.4 is 0 Å². The Hall–Kier alpha value is 0.960. The van der Waals surface area contributed by atoms with Gasteiger partial charge in [0.25, 0.3) is 0 Å². The van der Waals surface area contributed by atoms with E-state index in [1.807, 2.05) is 6.92 Å². The Kier molecular flexibility index (Phi) is 8.65. The highest BCUT2D eigenvalue weighted by Crippen LogP contribution is 2.59. The third-order valence-electron chi connectivity index (χ3n) is 6.92. The fraction of sp³-hybridized carbons (Fsp3) is 1.00. The van der Waals surface area contributed by atoms with E-state index in [1.54, 1.807) is 0 Å². The van der Waals surface area contributed by atoms with Crippen molar-refractivity contribution in [3.05, 3.63) is 0 Å². The van der Waals surface area contributed by atoms with Gasteiger partial charge in [-0.15, -0.1) is 0 Å². The monoisotopic (exact) mass is 470 g/mol. The lowest BCUT2D eigenvalue weighted by Crippen LogP contribution is -2.42. The zero-order valence-electron chi connectivity index (χ0n) is 15.4. The molecule has 7 unspecified atom stereocenters. The number of aliphatic hydroxyl groups is 2. The highest BCUT2D eigenvalue weighted by atomic mass is 127. The number of rotatable bonds is 9. The van der Waals surface area contributed by atoms with Gasteiger partial charge in [0.2, 0.25) is 0 Å². The van der Waals surface area contributed by atoms with Gasteiger partial charge in [0.1, 0.15) is 0 Å². The molecule has 2 rings (SSSR count). The summed E-state index contributed by atoms with van der Waals surface area (Å²) >= 11 is 2.25. The maximum absolute atomic E-state index is 10.2. The summed E-state index contributed by atoms with van der Waals surface area (Å²) in [6.45, 7) is 7.06. The number of hydrogen-bond donors (Lipinski definition) is 2. The van der Waals surface area contributed by atoms with Crippen molar-refractivity contribution < 1.29 is 14.4 Å². The van der Waals surface area contributed by atoms with E-state index in [-0.39, 0.29) is 18.6 Å². The minimum absolute atomic E-state index is 0.172. The average Bonchev–Trinajstić information content (AvgIpc) is 2.91. The summed E-state index contributed by atoms with van der Waals surface area (Å²) in [7, 11) is 1.50. The summed E-state index contributed by atoms with van der Waals surface area (Å²) in [5, 5.41) is 19.4. The molecular formula is C19H35IO3S. The van der Waals surface area contributed by atoms with Crippen molar-refractivity contribution in [3.63, 3.8) is 0 Å². The smallest absolute Gasteiger partial charge is 0.0765 e. The van der Waals surface area contributed by atoms with E-state index in [9.17, 15) is 5.11 Å². The molecule has 2 N–H and O–H groups in total. The summed E-state index contributed by atoms with van der Waals surface area (Å²) in [4.78, 5) is 0. The van der Waals surface area contributed by atoms with E-state index >= 15 is 0 Å². The second kappa shape index (κ2) is 9.77. The average molecular weight is 470 g/mol. The fourth-order valence-electron chi connectivity index (χ4n) is 5.57. The Bertz CT molecular complexity index is 382. The highest BCUT2D eigenvalue weighted by Gasteiger charge is 2.52. The minimum Gasteiger partial charge on any atom is -0.396 e. The molecule has 0 aromatic carbocycles. The first kappa shape index (κ1) is 21.3. The lowest BCUT2D eigenvalue weighted by molar-refractivity contribution is -0.00759. The van der Waals surface area contributed by atoms with Crippen LogP contribution in [0.5, 0.6) is 0 Å². The molecule has 0 heterocycles. The molecule has 2 aliphatic carbocycles. The van der Waals surface area contributed by atoms with Gasteiger partial charge in [-0.05, 0) is 74.0 Å². The van der Waals surface area contributed by atoms with Crippen LogP contribution in [0.25, 0.3) is 0 Å². The zero-order valence-corrected chi connectivity index (χ0v) is 18.4. The molecule has 0 amide bonds. The maximum atomic E-state index is 10.2. The molecule has 2 aliphatic rings. The maximum Gasteiger partial charge on any atom is 0.0765 e. The first-order chi connectivity index (χ1) is 11.4. The molecule has 142 valence electrons. The second-order valence-corrected chi connectivity index (χ2v) is 10.0. The van der Waals surface area contributed by atoms with Crippen LogP contribution in [0.15, 0.2) is 0 Å². The summed E-state index contributed by atoms with van der Waals surface area (Å²) < 4.78 is 5.98. The van der Waals surface area contributed by atoms with Crippen molar-refractivity contribution in [1.82, 2.24) is 0 Å². The van der Waals surface area contributed by atoms with Crippen LogP contribution in [-0.4, -0.2) is 29.0 Å². The molecule has 0 bridgehead atoms. The molecule has 0 aromatic rings. The third-order valence-corrected chi connectivity index (χ3v) is 7.87. The molecule has 2 fully saturated rings. The van der Waals surface area contributed by atoms with Gasteiger partial charge in [-0.3, -0.25) is 0 Å². The van der Waals surface area contributed by atoms with E-state index in [0.717, 1.165) is 25.2 Å². The van der Waals surface area contributed by atoms with E-state index in [1.165, 1.54) is 41.3 Å². The molecular weight excluding hydrogens is 435 g/mol. The molecule has 5 heteroatoms. The highest BCUT2D eigenvalue weighted by molar-refractivity contribution is 14.2. The quantitative estimate of drug-likeness (QED) is 0.351. The lowest BCUT2D eigenvalue weighted by Gasteiger charge is -2.46. The van der Waals surface area contributed by atoms with Gasteiger partial charge >= 0.3 is 0 Å². The van der Waals surface area contributed by atoms with Crippen molar-refractivity contribution in [3.8, 4) is 0 Å². The predicted octanol–water partition coefficient (Wildman–Crippen LogP) is 5.38. The number of fused-ring (bicyclic) bond motifs is 1. The molecule has 0 saturated heterocycles. The van der Waals surface area contributed by atoms with Crippen molar-refractivity contribution in [2.75, 3.05) is 6.61 Å². The summed E-state index contributed by atoms with van der Waals surface area (Å²) in [6, 6.07) is 0. The normalized spacial score (nSPS) is 37.0. The van der Waals surface area contributed by atoms with Crippen molar-refractivity contribution in [1.29, 1.82) is 0 Å². The molecule has 7 atom stereocenters. The molecule has 0 aliphatic heterocycles. The first-order valence-electron chi connectivity index (χ1n) is 9.65. The van der Waals surface area contributed by atoms with Crippen molar-refractivity contribution >= 4 is 30.4 Å². The van der Waals surface area contributed by atoms with Crippen molar-refractivity contribution in [2.45, 2.75) is 84.3 Å². The first-order valence-corrected chi connectivity index (χ1v) is 12.9. The number of hydrogen-bond acceptors (Lipinski definition) is 4. The van der Waals surface area contributed by atoms with Gasteiger partial charge < -0.3 is 14.4 Å². The summed E-state index contributed by atoms with van der Waals surface area (Å²) in [5.41, 5.74) is 0.415. The van der Waals surface area contributed by atoms with Gasteiger partial charge in [0.15, 0.2) is 0 Å². The standard InChI is InChI=1S/C19H35IO3S/c1-13(12-21)11-15(22)7-6-14(2)16-8-9-17-18(23-24-20)5-4-10-19(16,17)3/h13-18,21-22H,4-12H2,1-3H3. The molecule has 0 aromatic heterocycles. The predicted molar refractivity (Wildman–Crippen MR) is 110 cm³/mol. The Labute approximate surface area is 164 Å². The van der Waals surface area contributed by atoms with E-state index in [4.69, 9.17) is 9.29 Å². The summed E-state index contributed by atoms with van der Waals surface area (Å²) in [6.07, 6.45) is 9.30. The van der Waals surface area contributed by atoms with Gasteiger partial charge in [-0.2, -0.15) is 0 Å².